The maximum Gasteiger partial charge on any atom is 0.246 e. The Labute approximate surface area is 109 Å². The zero-order valence-electron chi connectivity index (χ0n) is 11.9. The second kappa shape index (κ2) is 5.69. The van der Waals surface area contributed by atoms with E-state index in [2.05, 4.69) is 5.32 Å². The maximum atomic E-state index is 12.2. The second-order valence-electron chi connectivity index (χ2n) is 5.23. The topological polar surface area (TPSA) is 58.6 Å². The van der Waals surface area contributed by atoms with Gasteiger partial charge < -0.3 is 15.0 Å². The average molecular weight is 256 g/mol. The molecule has 0 radical (unpaired) electrons. The lowest BCUT2D eigenvalue weighted by molar-refractivity contribution is -0.157. The van der Waals surface area contributed by atoms with E-state index in [1.807, 2.05) is 27.7 Å². The van der Waals surface area contributed by atoms with Crippen molar-refractivity contribution in [1.82, 2.24) is 10.2 Å². The number of amides is 2. The zero-order chi connectivity index (χ0) is 13.9. The fraction of sp³-hybridized carbons (Fsp3) is 0.846. The third-order valence-electron chi connectivity index (χ3n) is 3.52. The van der Waals surface area contributed by atoms with Crippen LogP contribution in [0.5, 0.6) is 0 Å². The molecule has 1 heterocycles. The summed E-state index contributed by atoms with van der Waals surface area (Å²) in [4.78, 5) is 25.9. The summed E-state index contributed by atoms with van der Waals surface area (Å²) < 4.78 is 5.48. The molecule has 5 nitrogen and oxygen atoms in total. The minimum atomic E-state index is -0.760. The van der Waals surface area contributed by atoms with E-state index in [-0.39, 0.29) is 17.9 Å². The third-order valence-corrected chi connectivity index (χ3v) is 3.52. The third kappa shape index (κ3) is 2.83. The van der Waals surface area contributed by atoms with Crippen LogP contribution < -0.4 is 5.32 Å². The largest absolute Gasteiger partial charge is 0.377 e. The minimum Gasteiger partial charge on any atom is -0.377 e. The van der Waals surface area contributed by atoms with Gasteiger partial charge in [0.1, 0.15) is 11.6 Å². The van der Waals surface area contributed by atoms with Gasteiger partial charge in [-0.2, -0.15) is 0 Å². The highest BCUT2D eigenvalue weighted by Gasteiger charge is 2.46. The molecule has 104 valence electrons. The molecule has 2 amide bonds. The Kier molecular flexibility index (Phi) is 4.73. The highest BCUT2D eigenvalue weighted by molar-refractivity contribution is 5.99. The Morgan fingerprint density at radius 2 is 2.06 bits per heavy atom. The maximum absolute atomic E-state index is 12.2. The SMILES string of the molecule is CCC1(C)C(=O)NC(C)C(=O)N1CCOC(C)C. The molecule has 1 aliphatic rings. The Morgan fingerprint density at radius 1 is 1.44 bits per heavy atom. The standard InChI is InChI=1S/C13H24N2O3/c1-6-13(5)12(17)14-10(4)11(16)15(13)7-8-18-9(2)3/h9-10H,6-8H2,1-5H3,(H,14,17). The first-order valence-electron chi connectivity index (χ1n) is 6.57. The van der Waals surface area contributed by atoms with E-state index >= 15 is 0 Å². The van der Waals surface area contributed by atoms with E-state index in [4.69, 9.17) is 4.74 Å². The van der Waals surface area contributed by atoms with E-state index in [9.17, 15) is 9.59 Å². The van der Waals surface area contributed by atoms with Gasteiger partial charge in [0.2, 0.25) is 11.8 Å². The van der Waals surface area contributed by atoms with Crippen LogP contribution in [-0.2, 0) is 14.3 Å². The molecule has 0 aromatic heterocycles. The summed E-state index contributed by atoms with van der Waals surface area (Å²) in [5, 5.41) is 2.73. The van der Waals surface area contributed by atoms with Gasteiger partial charge in [-0.05, 0) is 34.1 Å². The van der Waals surface area contributed by atoms with Crippen LogP contribution in [0.15, 0.2) is 0 Å². The summed E-state index contributed by atoms with van der Waals surface area (Å²) in [6, 6.07) is -0.448. The van der Waals surface area contributed by atoms with Gasteiger partial charge in [-0.1, -0.05) is 6.92 Å². The van der Waals surface area contributed by atoms with Gasteiger partial charge in [-0.25, -0.2) is 0 Å². The van der Waals surface area contributed by atoms with Gasteiger partial charge in [-0.15, -0.1) is 0 Å². The lowest BCUT2D eigenvalue weighted by Crippen LogP contribution is -2.69. The predicted molar refractivity (Wildman–Crippen MR) is 69.1 cm³/mol. The molecule has 1 N–H and O–H groups in total. The van der Waals surface area contributed by atoms with Gasteiger partial charge in [0.15, 0.2) is 0 Å². The Balaban J connectivity index is 2.79. The van der Waals surface area contributed by atoms with Crippen LogP contribution in [0, 0.1) is 0 Å². The summed E-state index contributed by atoms with van der Waals surface area (Å²) >= 11 is 0. The summed E-state index contributed by atoms with van der Waals surface area (Å²) in [6.45, 7) is 10.3. The summed E-state index contributed by atoms with van der Waals surface area (Å²) in [5.41, 5.74) is -0.760. The minimum absolute atomic E-state index is 0.0358. The van der Waals surface area contributed by atoms with Gasteiger partial charge in [0.05, 0.1) is 12.7 Å². The highest BCUT2D eigenvalue weighted by atomic mass is 16.5. The van der Waals surface area contributed by atoms with Crippen molar-refractivity contribution in [1.29, 1.82) is 0 Å². The second-order valence-corrected chi connectivity index (χ2v) is 5.23. The molecule has 5 heteroatoms. The van der Waals surface area contributed by atoms with Crippen molar-refractivity contribution < 1.29 is 14.3 Å². The summed E-state index contributed by atoms with van der Waals surface area (Å²) in [7, 11) is 0. The first-order valence-corrected chi connectivity index (χ1v) is 6.57. The van der Waals surface area contributed by atoms with Gasteiger partial charge in [-0.3, -0.25) is 9.59 Å². The van der Waals surface area contributed by atoms with Crippen LogP contribution >= 0.6 is 0 Å². The number of rotatable bonds is 5. The molecule has 1 aliphatic heterocycles. The quantitative estimate of drug-likeness (QED) is 0.796. The monoisotopic (exact) mass is 256 g/mol. The van der Waals surface area contributed by atoms with E-state index in [0.29, 0.717) is 19.6 Å². The van der Waals surface area contributed by atoms with E-state index in [1.54, 1.807) is 11.8 Å². The van der Waals surface area contributed by atoms with Crippen molar-refractivity contribution in [3.05, 3.63) is 0 Å². The first kappa shape index (κ1) is 15.0. The molecule has 1 rings (SSSR count). The van der Waals surface area contributed by atoms with Crippen molar-refractivity contribution in [2.45, 2.75) is 58.7 Å². The number of nitrogens with one attached hydrogen (secondary N) is 1. The van der Waals surface area contributed by atoms with Crippen LogP contribution in [0.25, 0.3) is 0 Å². The van der Waals surface area contributed by atoms with E-state index in [0.717, 1.165) is 0 Å². The highest BCUT2D eigenvalue weighted by Crippen LogP contribution is 2.24. The molecule has 0 aromatic rings. The molecule has 0 spiro atoms. The molecule has 0 bridgehead atoms. The molecule has 1 saturated heterocycles. The lowest BCUT2D eigenvalue weighted by Gasteiger charge is -2.45. The van der Waals surface area contributed by atoms with Gasteiger partial charge >= 0.3 is 0 Å². The summed E-state index contributed by atoms with van der Waals surface area (Å²) in [6.07, 6.45) is 0.725. The molecular formula is C13H24N2O3. The van der Waals surface area contributed by atoms with Crippen LogP contribution in [0.1, 0.15) is 41.0 Å². The Bertz CT molecular complexity index is 330. The van der Waals surface area contributed by atoms with E-state index in [1.165, 1.54) is 0 Å². The molecule has 18 heavy (non-hydrogen) atoms. The van der Waals surface area contributed by atoms with Crippen LogP contribution in [0.4, 0.5) is 0 Å². The normalized spacial score (nSPS) is 28.8. The number of carbonyl (C=O) groups is 2. The molecule has 0 aromatic carbocycles. The number of carbonyl (C=O) groups excluding carboxylic acids is 2. The number of hydrogen-bond donors (Lipinski definition) is 1. The molecule has 1 fully saturated rings. The first-order chi connectivity index (χ1) is 8.32. The number of hydrogen-bond acceptors (Lipinski definition) is 3. The molecule has 0 aliphatic carbocycles. The van der Waals surface area contributed by atoms with Gasteiger partial charge in [0.25, 0.3) is 0 Å². The van der Waals surface area contributed by atoms with Gasteiger partial charge in [0, 0.05) is 6.54 Å². The van der Waals surface area contributed by atoms with Crippen molar-refractivity contribution in [2.24, 2.45) is 0 Å². The van der Waals surface area contributed by atoms with Crippen molar-refractivity contribution in [2.75, 3.05) is 13.2 Å². The predicted octanol–water partition coefficient (Wildman–Crippen LogP) is 0.927. The Morgan fingerprint density at radius 3 is 2.56 bits per heavy atom. The van der Waals surface area contributed by atoms with Crippen LogP contribution in [-0.4, -0.2) is 47.6 Å². The number of piperazine rings is 1. The summed E-state index contributed by atoms with van der Waals surface area (Å²) in [5.74, 6) is -0.118. The smallest absolute Gasteiger partial charge is 0.246 e. The van der Waals surface area contributed by atoms with E-state index < -0.39 is 11.6 Å². The van der Waals surface area contributed by atoms with Crippen LogP contribution in [0.3, 0.4) is 0 Å². The zero-order valence-corrected chi connectivity index (χ0v) is 11.9. The van der Waals surface area contributed by atoms with Crippen molar-refractivity contribution >= 4 is 11.8 Å². The fourth-order valence-corrected chi connectivity index (χ4v) is 2.10. The van der Waals surface area contributed by atoms with Crippen LogP contribution in [0.2, 0.25) is 0 Å². The van der Waals surface area contributed by atoms with Crippen molar-refractivity contribution in [3.63, 3.8) is 0 Å². The van der Waals surface area contributed by atoms with Crippen molar-refractivity contribution in [3.8, 4) is 0 Å². The Hall–Kier alpha value is -1.10. The molecule has 2 unspecified atom stereocenters. The number of ether oxygens (including phenoxy) is 1. The number of nitrogens with zero attached hydrogens (tertiary/aromatic N) is 1. The molecule has 0 saturated carbocycles. The molecule has 2 atom stereocenters. The fourth-order valence-electron chi connectivity index (χ4n) is 2.10. The average Bonchev–Trinajstić information content (AvgIpc) is 2.30. The lowest BCUT2D eigenvalue weighted by atomic mass is 9.91. The molecular weight excluding hydrogens is 232 g/mol.